The minimum Gasteiger partial charge on any atom is -0.493 e. The van der Waals surface area contributed by atoms with Crippen LogP contribution in [-0.4, -0.2) is 26.2 Å². The van der Waals surface area contributed by atoms with Gasteiger partial charge in [-0.15, -0.1) is 0 Å². The minimum absolute atomic E-state index is 0.196. The topological polar surface area (TPSA) is 72.5 Å². The van der Waals surface area contributed by atoms with Crippen LogP contribution in [0.3, 0.4) is 0 Å². The van der Waals surface area contributed by atoms with E-state index in [0.717, 1.165) is 42.6 Å². The summed E-state index contributed by atoms with van der Waals surface area (Å²) in [5.74, 6) is 1.68. The van der Waals surface area contributed by atoms with E-state index in [1.54, 1.807) is 6.07 Å². The fourth-order valence-corrected chi connectivity index (χ4v) is 8.54. The van der Waals surface area contributed by atoms with Gasteiger partial charge in [0.05, 0.1) is 17.4 Å². The largest absolute Gasteiger partial charge is 0.493 e. The lowest BCUT2D eigenvalue weighted by atomic mass is 9.50. The van der Waals surface area contributed by atoms with Crippen LogP contribution in [0.5, 0.6) is 5.75 Å². The van der Waals surface area contributed by atoms with E-state index in [1.807, 2.05) is 0 Å². The molecule has 0 radical (unpaired) electrons. The average molecular weight is 462 g/mol. The highest BCUT2D eigenvalue weighted by Gasteiger charge is 2.51. The second kappa shape index (κ2) is 7.44. The molecule has 1 aromatic carbocycles. The van der Waals surface area contributed by atoms with Crippen molar-refractivity contribution in [1.82, 2.24) is 4.72 Å². The van der Waals surface area contributed by atoms with Crippen molar-refractivity contribution in [3.63, 3.8) is 0 Å². The second-order valence-electron chi connectivity index (χ2n) is 11.4. The quantitative estimate of drug-likeness (QED) is 0.626. The Morgan fingerprint density at radius 1 is 1.03 bits per heavy atom. The predicted molar refractivity (Wildman–Crippen MR) is 119 cm³/mol. The summed E-state index contributed by atoms with van der Waals surface area (Å²) in [5, 5.41) is -0.525. The number of rotatable bonds is 7. The zero-order valence-electron chi connectivity index (χ0n) is 18.4. The number of sulfonamides is 1. The van der Waals surface area contributed by atoms with Gasteiger partial charge in [0.2, 0.25) is 10.0 Å². The lowest BCUT2D eigenvalue weighted by Gasteiger charge is -2.56. The first-order valence-corrected chi connectivity index (χ1v) is 13.9. The molecule has 5 nitrogen and oxygen atoms in total. The van der Waals surface area contributed by atoms with Crippen LogP contribution in [0.4, 0.5) is 4.39 Å². The zero-order valence-corrected chi connectivity index (χ0v) is 19.3. The Hall–Kier alpha value is -1.63. The van der Waals surface area contributed by atoms with E-state index in [0.29, 0.717) is 25.2 Å². The Balaban J connectivity index is 1.24. The lowest BCUT2D eigenvalue weighted by molar-refractivity contribution is -0.0747. The molecule has 32 heavy (non-hydrogen) atoms. The monoisotopic (exact) mass is 461 g/mol. The zero-order chi connectivity index (χ0) is 22.1. The van der Waals surface area contributed by atoms with Gasteiger partial charge in [0.25, 0.3) is 5.91 Å². The number of halogens is 1. The van der Waals surface area contributed by atoms with Gasteiger partial charge in [-0.1, -0.05) is 6.42 Å². The fraction of sp³-hybridized carbons (Fsp3) is 0.720. The third kappa shape index (κ3) is 3.74. The summed E-state index contributed by atoms with van der Waals surface area (Å²) >= 11 is 0. The Labute approximate surface area is 189 Å². The van der Waals surface area contributed by atoms with E-state index in [1.165, 1.54) is 44.6 Å². The van der Waals surface area contributed by atoms with E-state index in [9.17, 15) is 13.2 Å². The summed E-state index contributed by atoms with van der Waals surface area (Å²) in [6, 6.07) is 2.87. The van der Waals surface area contributed by atoms with Crippen LogP contribution >= 0.6 is 0 Å². The number of carbonyl (C=O) groups excluding carboxylic acids is 1. The molecule has 6 saturated carbocycles. The van der Waals surface area contributed by atoms with Crippen molar-refractivity contribution >= 4 is 15.9 Å². The Kier molecular flexibility index (Phi) is 4.87. The molecule has 0 atom stereocenters. The van der Waals surface area contributed by atoms with Crippen molar-refractivity contribution in [2.75, 3.05) is 6.61 Å². The third-order valence-electron chi connectivity index (χ3n) is 8.79. The molecule has 0 aromatic heterocycles. The number of carbonyl (C=O) groups is 1. The first-order valence-electron chi connectivity index (χ1n) is 12.3. The molecule has 1 amide bonds. The van der Waals surface area contributed by atoms with Crippen LogP contribution in [0.25, 0.3) is 0 Å². The standard InChI is InChI=1S/C25H32FNO4S/c26-22-10-23(31-14-25-11-15-6-16(12-25)8-17(7-15)13-25)20(18-2-1-3-18)9-21(22)24(28)27-32(29,30)19-4-5-19/h9-10,15-19H,1-8,11-14H2,(H,27,28). The molecular weight excluding hydrogens is 429 g/mol. The lowest BCUT2D eigenvalue weighted by Crippen LogP contribution is -2.48. The minimum atomic E-state index is -3.72. The van der Waals surface area contributed by atoms with Crippen LogP contribution < -0.4 is 9.46 Å². The van der Waals surface area contributed by atoms with Gasteiger partial charge >= 0.3 is 0 Å². The van der Waals surface area contributed by atoms with Gasteiger partial charge < -0.3 is 4.74 Å². The van der Waals surface area contributed by atoms with Gasteiger partial charge in [-0.05, 0) is 99.5 Å². The van der Waals surface area contributed by atoms with Crippen molar-refractivity contribution in [3.8, 4) is 5.75 Å². The van der Waals surface area contributed by atoms with Crippen LogP contribution in [0.1, 0.15) is 92.5 Å². The number of benzene rings is 1. The predicted octanol–water partition coefficient (Wildman–Crippen LogP) is 4.91. The van der Waals surface area contributed by atoms with Crippen molar-refractivity contribution in [3.05, 3.63) is 29.1 Å². The van der Waals surface area contributed by atoms with Crippen LogP contribution in [-0.2, 0) is 10.0 Å². The molecule has 1 aromatic rings. The fourth-order valence-electron chi connectivity index (χ4n) is 7.25. The molecule has 6 fully saturated rings. The van der Waals surface area contributed by atoms with E-state index >= 15 is 4.39 Å². The van der Waals surface area contributed by atoms with Gasteiger partial charge in [0, 0.05) is 11.5 Å². The number of nitrogens with one attached hydrogen (secondary N) is 1. The summed E-state index contributed by atoms with van der Waals surface area (Å²) in [4.78, 5) is 12.6. The summed E-state index contributed by atoms with van der Waals surface area (Å²) in [6.07, 6.45) is 12.0. The first kappa shape index (κ1) is 20.9. The molecule has 0 spiro atoms. The van der Waals surface area contributed by atoms with Gasteiger partial charge in [0.15, 0.2) is 0 Å². The molecule has 0 saturated heterocycles. The molecule has 174 valence electrons. The Morgan fingerprint density at radius 2 is 1.66 bits per heavy atom. The van der Waals surface area contributed by atoms with Crippen molar-refractivity contribution in [2.45, 2.75) is 81.8 Å². The molecule has 7 rings (SSSR count). The van der Waals surface area contributed by atoms with Gasteiger partial charge in [-0.25, -0.2) is 17.5 Å². The molecule has 7 heteroatoms. The molecule has 6 aliphatic carbocycles. The maximum Gasteiger partial charge on any atom is 0.267 e. The molecule has 0 heterocycles. The van der Waals surface area contributed by atoms with Crippen LogP contribution in [0.2, 0.25) is 0 Å². The molecule has 0 aliphatic heterocycles. The van der Waals surface area contributed by atoms with Crippen molar-refractivity contribution in [2.24, 2.45) is 23.2 Å². The number of amides is 1. The Morgan fingerprint density at radius 3 is 2.19 bits per heavy atom. The number of ether oxygens (including phenoxy) is 1. The van der Waals surface area contributed by atoms with Crippen molar-refractivity contribution < 1.29 is 22.3 Å². The number of hydrogen-bond donors (Lipinski definition) is 1. The highest BCUT2D eigenvalue weighted by Crippen LogP contribution is 2.60. The highest BCUT2D eigenvalue weighted by atomic mass is 32.2. The molecule has 1 N–H and O–H groups in total. The maximum atomic E-state index is 15.0. The summed E-state index contributed by atoms with van der Waals surface area (Å²) in [7, 11) is -3.72. The van der Waals surface area contributed by atoms with E-state index in [2.05, 4.69) is 4.72 Å². The SMILES string of the molecule is O=C(NS(=O)(=O)C1CC1)c1cc(C2CCC2)c(OCC23CC4CC(CC(C4)C2)C3)cc1F. The van der Waals surface area contributed by atoms with Crippen LogP contribution in [0, 0.1) is 29.0 Å². The molecule has 6 aliphatic rings. The van der Waals surface area contributed by atoms with Crippen LogP contribution in [0.15, 0.2) is 12.1 Å². The third-order valence-corrected chi connectivity index (χ3v) is 10.6. The van der Waals surface area contributed by atoms with Crippen molar-refractivity contribution in [1.29, 1.82) is 0 Å². The average Bonchev–Trinajstić information content (AvgIpc) is 3.51. The molecule has 4 bridgehead atoms. The first-order chi connectivity index (χ1) is 15.3. The maximum absolute atomic E-state index is 15.0. The van der Waals surface area contributed by atoms with E-state index in [-0.39, 0.29) is 16.9 Å². The van der Waals surface area contributed by atoms with Gasteiger partial charge in [-0.2, -0.15) is 0 Å². The highest BCUT2D eigenvalue weighted by molar-refractivity contribution is 7.91. The number of hydrogen-bond acceptors (Lipinski definition) is 4. The second-order valence-corrected chi connectivity index (χ2v) is 13.3. The van der Waals surface area contributed by atoms with E-state index in [4.69, 9.17) is 4.74 Å². The van der Waals surface area contributed by atoms with Gasteiger partial charge in [-0.3, -0.25) is 4.79 Å². The summed E-state index contributed by atoms with van der Waals surface area (Å²) in [5.41, 5.74) is 0.880. The summed E-state index contributed by atoms with van der Waals surface area (Å²) in [6.45, 7) is 0.622. The van der Waals surface area contributed by atoms with Gasteiger partial charge in [0.1, 0.15) is 11.6 Å². The van der Waals surface area contributed by atoms with E-state index < -0.39 is 27.0 Å². The Bertz CT molecular complexity index is 1010. The molecular formula is C25H32FNO4S. The molecule has 0 unspecified atom stereocenters. The smallest absolute Gasteiger partial charge is 0.267 e. The summed E-state index contributed by atoms with van der Waals surface area (Å²) < 4.78 is 47.8. The normalized spacial score (nSPS) is 33.7.